The zero-order chi connectivity index (χ0) is 13.4. The van der Waals surface area contributed by atoms with Gasteiger partial charge in [0.2, 0.25) is 0 Å². The van der Waals surface area contributed by atoms with Crippen molar-refractivity contribution in [3.8, 4) is 0 Å². The average molecular weight is 414 g/mol. The van der Waals surface area contributed by atoms with Gasteiger partial charge in [0, 0.05) is 36.7 Å². The molecule has 0 bridgehead atoms. The third-order valence-corrected chi connectivity index (χ3v) is 1.79. The zero-order valence-electron chi connectivity index (χ0n) is 10.4. The van der Waals surface area contributed by atoms with Gasteiger partial charge in [-0.25, -0.2) is 9.69 Å². The van der Waals surface area contributed by atoms with Crippen molar-refractivity contribution in [2.45, 2.75) is 6.17 Å². The van der Waals surface area contributed by atoms with E-state index in [1.807, 2.05) is 6.07 Å². The Morgan fingerprint density at radius 1 is 1.26 bits per heavy atom. The number of benzene rings is 1. The Kier molecular flexibility index (Phi) is 15.0. The molecule has 0 aliphatic carbocycles. The van der Waals surface area contributed by atoms with Gasteiger partial charge in [-0.3, -0.25) is 10.1 Å². The van der Waals surface area contributed by atoms with Crippen LogP contribution in [-0.4, -0.2) is 40.3 Å². The van der Waals surface area contributed by atoms with E-state index >= 15 is 0 Å². The second kappa shape index (κ2) is 12.3. The molecule has 2 N–H and O–H groups in total. The Morgan fingerprint density at radius 2 is 1.63 bits per heavy atom. The first kappa shape index (κ1) is 23.3. The summed E-state index contributed by atoms with van der Waals surface area (Å²) in [6.07, 6.45) is -2.58. The van der Waals surface area contributed by atoms with Crippen LogP contribution < -0.4 is 0 Å². The molecular formula is C10H15BrN2O5Zr. The molecule has 1 atom stereocenters. The largest absolute Gasteiger partial charge is 0.503 e. The maximum Gasteiger partial charge on any atom is 0.503 e. The van der Waals surface area contributed by atoms with E-state index in [2.05, 4.69) is 0 Å². The summed E-state index contributed by atoms with van der Waals surface area (Å²) in [5.74, 6) is 0. The summed E-state index contributed by atoms with van der Waals surface area (Å²) in [6.45, 7) is 0. The molecule has 0 radical (unpaired) electrons. The number of halogens is 1. The van der Waals surface area contributed by atoms with Gasteiger partial charge in [0.05, 0.1) is 0 Å². The van der Waals surface area contributed by atoms with E-state index in [0.717, 1.165) is 0 Å². The molecule has 0 saturated heterocycles. The molecule has 1 rings (SSSR count). The Balaban J connectivity index is -0.000000379. The van der Waals surface area contributed by atoms with Crippen LogP contribution >= 0.6 is 17.0 Å². The van der Waals surface area contributed by atoms with Crippen molar-refractivity contribution >= 4 is 23.1 Å². The molecule has 106 valence electrons. The second-order valence-electron chi connectivity index (χ2n) is 3.32. The molecule has 0 heterocycles. The Bertz CT molecular complexity index is 373. The summed E-state index contributed by atoms with van der Waals surface area (Å²) >= 11 is 0. The van der Waals surface area contributed by atoms with Crippen molar-refractivity contribution < 1.29 is 46.1 Å². The minimum Gasteiger partial charge on any atom is -0.450 e. The summed E-state index contributed by atoms with van der Waals surface area (Å²) in [5, 5.41) is 24.6. The normalized spacial score (nSPS) is 10.1. The van der Waals surface area contributed by atoms with Gasteiger partial charge in [-0.15, -0.1) is 17.0 Å². The smallest absolute Gasteiger partial charge is 0.450 e. The van der Waals surface area contributed by atoms with Gasteiger partial charge in [0.15, 0.2) is 0 Å². The first-order chi connectivity index (χ1) is 7.86. The van der Waals surface area contributed by atoms with E-state index < -0.39 is 12.3 Å². The molecule has 0 spiro atoms. The third-order valence-electron chi connectivity index (χ3n) is 1.79. The zero-order valence-corrected chi connectivity index (χ0v) is 14.6. The summed E-state index contributed by atoms with van der Waals surface area (Å²) in [7, 11) is 3.39. The van der Waals surface area contributed by atoms with Crippen LogP contribution in [0, 0.1) is 10.1 Å². The predicted molar refractivity (Wildman–Crippen MR) is 70.8 cm³/mol. The van der Waals surface area contributed by atoms with Crippen molar-refractivity contribution in [1.29, 1.82) is 0 Å². The maximum atomic E-state index is 10.7. The van der Waals surface area contributed by atoms with E-state index in [-0.39, 0.29) is 48.1 Å². The minimum absolute atomic E-state index is 0. The molecule has 19 heavy (non-hydrogen) atoms. The van der Waals surface area contributed by atoms with Crippen LogP contribution in [0.15, 0.2) is 30.3 Å². The van der Waals surface area contributed by atoms with E-state index in [4.69, 9.17) is 15.0 Å². The number of nitro groups is 1. The number of hydrogen-bond donors (Lipinski definition) is 2. The van der Waals surface area contributed by atoms with Gasteiger partial charge in [0.1, 0.15) is 0 Å². The van der Waals surface area contributed by atoms with Gasteiger partial charge < -0.3 is 10.2 Å². The van der Waals surface area contributed by atoms with Crippen LogP contribution in [0.3, 0.4) is 0 Å². The number of hydrogen-bond acceptors (Lipinski definition) is 4. The first-order valence-corrected chi connectivity index (χ1v) is 4.63. The molecule has 0 saturated carbocycles. The molecule has 0 aromatic heterocycles. The fraction of sp³-hybridized carbons (Fsp3) is 0.300. The molecular weight excluding hydrogens is 399 g/mol. The van der Waals surface area contributed by atoms with Gasteiger partial charge in [-0.2, -0.15) is 0 Å². The average Bonchev–Trinajstić information content (AvgIpc) is 2.17. The molecule has 0 fully saturated rings. The van der Waals surface area contributed by atoms with Crippen LogP contribution in [-0.2, 0) is 26.2 Å². The standard InChI is InChI=1S/C9H12N2O2.CH2O3.BrH.Zr/c1-10(2)9(11(12)13)8-6-4-3-5-7-8;2-1(3)4;;/h3-7,9H,1-2H3;(H2,2,3,4);1H;. The van der Waals surface area contributed by atoms with Crippen molar-refractivity contribution in [1.82, 2.24) is 4.90 Å². The minimum atomic E-state index is -1.83. The maximum absolute atomic E-state index is 10.7. The fourth-order valence-electron chi connectivity index (χ4n) is 1.23. The van der Waals surface area contributed by atoms with Crippen molar-refractivity contribution in [2.24, 2.45) is 0 Å². The quantitative estimate of drug-likeness (QED) is 0.447. The number of nitrogens with zero attached hydrogens (tertiary/aromatic N) is 2. The van der Waals surface area contributed by atoms with Crippen LogP contribution in [0.2, 0.25) is 0 Å². The number of carbonyl (C=O) groups is 1. The van der Waals surface area contributed by atoms with Crippen LogP contribution in [0.25, 0.3) is 0 Å². The monoisotopic (exact) mass is 412 g/mol. The van der Waals surface area contributed by atoms with E-state index in [9.17, 15) is 10.1 Å². The van der Waals surface area contributed by atoms with Gasteiger partial charge in [0.25, 0.3) is 6.17 Å². The van der Waals surface area contributed by atoms with Gasteiger partial charge in [-0.1, -0.05) is 30.3 Å². The summed E-state index contributed by atoms with van der Waals surface area (Å²) in [6, 6.07) is 8.96. The molecule has 1 unspecified atom stereocenters. The van der Waals surface area contributed by atoms with Crippen LogP contribution in [0.5, 0.6) is 0 Å². The Hall–Kier alpha value is -0.787. The van der Waals surface area contributed by atoms with Crippen molar-refractivity contribution in [3.63, 3.8) is 0 Å². The number of carboxylic acid groups (broad SMARTS) is 2. The molecule has 1 aromatic rings. The molecule has 0 amide bonds. The molecule has 7 nitrogen and oxygen atoms in total. The van der Waals surface area contributed by atoms with Gasteiger partial charge in [-0.05, 0) is 14.1 Å². The van der Waals surface area contributed by atoms with Crippen molar-refractivity contribution in [3.05, 3.63) is 46.0 Å². The Labute approximate surface area is 140 Å². The van der Waals surface area contributed by atoms with Crippen LogP contribution in [0.4, 0.5) is 4.79 Å². The van der Waals surface area contributed by atoms with Gasteiger partial charge >= 0.3 is 6.16 Å². The molecule has 0 aliphatic heterocycles. The summed E-state index contributed by atoms with van der Waals surface area (Å²) < 4.78 is 0. The number of rotatable bonds is 3. The fourth-order valence-corrected chi connectivity index (χ4v) is 1.23. The summed E-state index contributed by atoms with van der Waals surface area (Å²) in [5.41, 5.74) is 0.706. The second-order valence-corrected chi connectivity index (χ2v) is 3.32. The molecule has 0 aliphatic rings. The van der Waals surface area contributed by atoms with E-state index in [0.29, 0.717) is 5.56 Å². The SMILES string of the molecule is Br.CN(C)C(c1ccccc1)[N+](=O)[O-].O=C(O)O.[Zr]. The topological polar surface area (TPSA) is 104 Å². The third kappa shape index (κ3) is 10.8. The first-order valence-electron chi connectivity index (χ1n) is 4.63. The van der Waals surface area contributed by atoms with Crippen LogP contribution in [0.1, 0.15) is 11.7 Å². The molecule has 1 aromatic carbocycles. The molecule has 9 heteroatoms. The predicted octanol–water partition coefficient (Wildman–Crippen LogP) is 2.32. The summed E-state index contributed by atoms with van der Waals surface area (Å²) in [4.78, 5) is 20.5. The van der Waals surface area contributed by atoms with E-state index in [1.54, 1.807) is 43.3 Å². The Morgan fingerprint density at radius 3 is 1.89 bits per heavy atom. The van der Waals surface area contributed by atoms with Crippen molar-refractivity contribution in [2.75, 3.05) is 14.1 Å². The van der Waals surface area contributed by atoms with E-state index in [1.165, 1.54) is 0 Å².